The fourth-order valence-electron chi connectivity index (χ4n) is 2.07. The van der Waals surface area contributed by atoms with Gasteiger partial charge in [-0.05, 0) is 18.1 Å². The molecule has 2 rings (SSSR count). The van der Waals surface area contributed by atoms with Gasteiger partial charge in [0.15, 0.2) is 0 Å². The summed E-state index contributed by atoms with van der Waals surface area (Å²) in [5.41, 5.74) is 1.38. The number of benzene rings is 1. The van der Waals surface area contributed by atoms with Crippen molar-refractivity contribution in [2.75, 3.05) is 0 Å². The Labute approximate surface area is 108 Å². The summed E-state index contributed by atoms with van der Waals surface area (Å²) in [5.74, 6) is 0.802. The van der Waals surface area contributed by atoms with Crippen LogP contribution in [0.2, 0.25) is 0 Å². The minimum absolute atomic E-state index is 0.144. The molecule has 4 heteroatoms. The third kappa shape index (κ3) is 2.03. The summed E-state index contributed by atoms with van der Waals surface area (Å²) in [6.45, 7) is 4.16. The molecule has 0 radical (unpaired) electrons. The van der Waals surface area contributed by atoms with E-state index in [4.69, 9.17) is 0 Å². The Bertz CT molecular complexity index is 408. The molecule has 0 aromatic heterocycles. The van der Waals surface area contributed by atoms with Crippen molar-refractivity contribution in [3.63, 3.8) is 0 Å². The van der Waals surface area contributed by atoms with Gasteiger partial charge in [-0.1, -0.05) is 29.8 Å². The van der Waals surface area contributed by atoms with Gasteiger partial charge in [-0.2, -0.15) is 11.8 Å². The maximum atomic E-state index is 13.6. The van der Waals surface area contributed by atoms with Gasteiger partial charge in [-0.15, -0.1) is 0 Å². The first-order chi connectivity index (χ1) is 7.52. The monoisotopic (exact) mass is 304 g/mol. The zero-order valence-corrected chi connectivity index (χ0v) is 11.6. The van der Waals surface area contributed by atoms with E-state index >= 15 is 0 Å². The average Bonchev–Trinajstić information content (AvgIpc) is 2.23. The summed E-state index contributed by atoms with van der Waals surface area (Å²) in [5, 5.41) is 10.4. The lowest BCUT2D eigenvalue weighted by Crippen LogP contribution is -2.26. The lowest BCUT2D eigenvalue weighted by Gasteiger charge is -2.33. The van der Waals surface area contributed by atoms with Crippen molar-refractivity contribution in [2.45, 2.75) is 31.0 Å². The van der Waals surface area contributed by atoms with Gasteiger partial charge in [0, 0.05) is 26.6 Å². The molecule has 88 valence electrons. The van der Waals surface area contributed by atoms with Crippen LogP contribution in [0.5, 0.6) is 0 Å². The Morgan fingerprint density at radius 2 is 2.19 bits per heavy atom. The highest BCUT2D eigenvalue weighted by molar-refractivity contribution is 9.10. The van der Waals surface area contributed by atoms with Crippen molar-refractivity contribution >= 4 is 27.7 Å². The first-order valence-electron chi connectivity index (χ1n) is 5.28. The van der Waals surface area contributed by atoms with Gasteiger partial charge in [0.05, 0.1) is 6.10 Å². The van der Waals surface area contributed by atoms with Crippen LogP contribution in [0.15, 0.2) is 16.6 Å². The third-order valence-electron chi connectivity index (χ3n) is 2.93. The van der Waals surface area contributed by atoms with Crippen LogP contribution in [0.4, 0.5) is 4.39 Å². The number of fused-ring (bicyclic) bond motifs is 1. The largest absolute Gasteiger partial charge is 0.387 e. The van der Waals surface area contributed by atoms with Crippen LogP contribution < -0.4 is 0 Å². The first-order valence-corrected chi connectivity index (χ1v) is 7.13. The molecule has 0 spiro atoms. The molecule has 1 aliphatic rings. The number of halogens is 2. The zero-order chi connectivity index (χ0) is 11.9. The van der Waals surface area contributed by atoms with E-state index < -0.39 is 6.10 Å². The number of aliphatic hydroxyl groups excluding tert-OH is 1. The van der Waals surface area contributed by atoms with Crippen LogP contribution in [0, 0.1) is 11.7 Å². The van der Waals surface area contributed by atoms with Crippen LogP contribution in [0.3, 0.4) is 0 Å². The fourth-order valence-corrected chi connectivity index (χ4v) is 4.03. The Morgan fingerprint density at radius 3 is 2.81 bits per heavy atom. The number of aliphatic hydroxyl groups is 1. The molecule has 16 heavy (non-hydrogen) atoms. The molecule has 0 amide bonds. The van der Waals surface area contributed by atoms with E-state index in [9.17, 15) is 9.50 Å². The number of hydrogen-bond donors (Lipinski definition) is 1. The Hall–Kier alpha value is -0.0600. The van der Waals surface area contributed by atoms with Crippen LogP contribution >= 0.6 is 27.7 Å². The third-order valence-corrected chi connectivity index (χ3v) is 5.26. The molecule has 2 unspecified atom stereocenters. The second kappa shape index (κ2) is 4.67. The molecule has 1 N–H and O–H groups in total. The number of thioether (sulfide) groups is 1. The van der Waals surface area contributed by atoms with Gasteiger partial charge in [-0.3, -0.25) is 0 Å². The maximum Gasteiger partial charge on any atom is 0.127 e. The normalized spacial score (nSPS) is 24.6. The smallest absolute Gasteiger partial charge is 0.127 e. The van der Waals surface area contributed by atoms with Gasteiger partial charge in [0.1, 0.15) is 5.82 Å². The number of rotatable bonds is 1. The molecule has 1 heterocycles. The molecular weight excluding hydrogens is 291 g/mol. The standard InChI is InChI=1S/C12H14BrFOS/c1-6(2)12-11(15)10-7(5-16-12)9(14)4-3-8(10)13/h3-4,6,11-12,15H,5H2,1-2H3. The molecular formula is C12H14BrFOS. The van der Waals surface area contributed by atoms with Crippen LogP contribution in [0.1, 0.15) is 31.1 Å². The second-order valence-electron chi connectivity index (χ2n) is 4.39. The predicted octanol–water partition coefficient (Wildman–Crippen LogP) is 3.89. The molecule has 0 bridgehead atoms. The molecule has 0 aliphatic carbocycles. The summed E-state index contributed by atoms with van der Waals surface area (Å²) < 4.78 is 14.4. The van der Waals surface area contributed by atoms with Gasteiger partial charge in [-0.25, -0.2) is 4.39 Å². The van der Waals surface area contributed by atoms with Gasteiger partial charge in [0.2, 0.25) is 0 Å². The Balaban J connectivity index is 2.48. The van der Waals surface area contributed by atoms with Crippen molar-refractivity contribution in [3.05, 3.63) is 33.5 Å². The van der Waals surface area contributed by atoms with Crippen LogP contribution in [-0.2, 0) is 5.75 Å². The maximum absolute atomic E-state index is 13.6. The molecule has 0 saturated carbocycles. The molecule has 1 aromatic rings. The topological polar surface area (TPSA) is 20.2 Å². The van der Waals surface area contributed by atoms with E-state index in [1.807, 2.05) is 0 Å². The zero-order valence-electron chi connectivity index (χ0n) is 9.21. The minimum Gasteiger partial charge on any atom is -0.387 e. The molecule has 1 nitrogen and oxygen atoms in total. The van der Waals surface area contributed by atoms with E-state index in [-0.39, 0.29) is 11.1 Å². The molecule has 0 fully saturated rings. The van der Waals surface area contributed by atoms with Crippen molar-refractivity contribution < 1.29 is 9.50 Å². The first kappa shape index (κ1) is 12.4. The Kier molecular flexibility index (Phi) is 3.62. The van der Waals surface area contributed by atoms with Crippen molar-refractivity contribution in [3.8, 4) is 0 Å². The fraction of sp³-hybridized carbons (Fsp3) is 0.500. The molecule has 2 atom stereocenters. The van der Waals surface area contributed by atoms with Gasteiger partial charge >= 0.3 is 0 Å². The molecule has 1 aromatic carbocycles. The lowest BCUT2D eigenvalue weighted by molar-refractivity contribution is 0.154. The molecule has 1 aliphatic heterocycles. The van der Waals surface area contributed by atoms with Crippen LogP contribution in [-0.4, -0.2) is 10.4 Å². The highest BCUT2D eigenvalue weighted by Crippen LogP contribution is 2.44. The summed E-state index contributed by atoms with van der Waals surface area (Å²) >= 11 is 5.03. The minimum atomic E-state index is -0.584. The van der Waals surface area contributed by atoms with E-state index in [2.05, 4.69) is 29.8 Å². The quantitative estimate of drug-likeness (QED) is 0.849. The van der Waals surface area contributed by atoms with Crippen molar-refractivity contribution in [2.24, 2.45) is 5.92 Å². The van der Waals surface area contributed by atoms with Gasteiger partial charge in [0.25, 0.3) is 0 Å². The van der Waals surface area contributed by atoms with Gasteiger partial charge < -0.3 is 5.11 Å². The summed E-state index contributed by atoms with van der Waals surface area (Å²) in [6, 6.07) is 3.12. The predicted molar refractivity (Wildman–Crippen MR) is 69.0 cm³/mol. The van der Waals surface area contributed by atoms with Crippen LogP contribution in [0.25, 0.3) is 0 Å². The highest BCUT2D eigenvalue weighted by Gasteiger charge is 2.33. The summed E-state index contributed by atoms with van der Waals surface area (Å²) in [7, 11) is 0. The Morgan fingerprint density at radius 1 is 1.50 bits per heavy atom. The van der Waals surface area contributed by atoms with Crippen molar-refractivity contribution in [1.82, 2.24) is 0 Å². The van der Waals surface area contributed by atoms with E-state index in [0.29, 0.717) is 17.2 Å². The molecule has 0 saturated heterocycles. The second-order valence-corrected chi connectivity index (χ2v) is 6.41. The summed E-state index contributed by atoms with van der Waals surface area (Å²) in [6.07, 6.45) is -0.584. The van der Waals surface area contributed by atoms with Crippen molar-refractivity contribution in [1.29, 1.82) is 0 Å². The number of hydrogen-bond acceptors (Lipinski definition) is 2. The van der Waals surface area contributed by atoms with E-state index in [1.165, 1.54) is 6.07 Å². The highest BCUT2D eigenvalue weighted by atomic mass is 79.9. The summed E-state index contributed by atoms with van der Waals surface area (Å²) in [4.78, 5) is 0. The lowest BCUT2D eigenvalue weighted by atomic mass is 9.94. The SMILES string of the molecule is CC(C)C1SCc2c(F)ccc(Br)c2C1O. The van der Waals surface area contributed by atoms with E-state index in [1.54, 1.807) is 17.8 Å². The van der Waals surface area contributed by atoms with E-state index in [0.717, 1.165) is 10.0 Å². The average molecular weight is 305 g/mol.